The molecule has 0 saturated heterocycles. The van der Waals surface area contributed by atoms with Crippen molar-refractivity contribution in [2.24, 2.45) is 0 Å². The highest BCUT2D eigenvalue weighted by atomic mass is 35.5. The Morgan fingerprint density at radius 1 is 1.08 bits per heavy atom. The average molecular weight is 370 g/mol. The SMILES string of the molecule is O=C(Nc1cccc(Cl)c1)Nc1nc2ccc(-c3ccco3)cc2s1. The maximum absolute atomic E-state index is 12.1. The fourth-order valence-corrected chi connectivity index (χ4v) is 3.49. The van der Waals surface area contributed by atoms with Crippen molar-refractivity contribution in [3.05, 3.63) is 65.9 Å². The average Bonchev–Trinajstić information content (AvgIpc) is 3.23. The minimum absolute atomic E-state index is 0.368. The first-order valence-corrected chi connectivity index (χ1v) is 8.65. The molecule has 0 atom stereocenters. The maximum Gasteiger partial charge on any atom is 0.325 e. The number of aromatic nitrogens is 1. The lowest BCUT2D eigenvalue weighted by molar-refractivity contribution is 0.262. The van der Waals surface area contributed by atoms with E-state index in [1.54, 1.807) is 30.5 Å². The quantitative estimate of drug-likeness (QED) is 0.475. The molecule has 4 aromatic rings. The van der Waals surface area contributed by atoms with Gasteiger partial charge in [-0.3, -0.25) is 5.32 Å². The van der Waals surface area contributed by atoms with E-state index in [0.29, 0.717) is 15.8 Å². The molecule has 25 heavy (non-hydrogen) atoms. The second-order valence-electron chi connectivity index (χ2n) is 5.27. The van der Waals surface area contributed by atoms with Crippen LogP contribution in [-0.4, -0.2) is 11.0 Å². The molecule has 7 heteroatoms. The van der Waals surface area contributed by atoms with Gasteiger partial charge in [0.05, 0.1) is 16.5 Å². The molecule has 0 bridgehead atoms. The van der Waals surface area contributed by atoms with Gasteiger partial charge >= 0.3 is 6.03 Å². The van der Waals surface area contributed by atoms with Gasteiger partial charge in [-0.1, -0.05) is 29.0 Å². The second-order valence-corrected chi connectivity index (χ2v) is 6.74. The monoisotopic (exact) mass is 369 g/mol. The van der Waals surface area contributed by atoms with E-state index in [9.17, 15) is 4.79 Å². The number of carbonyl (C=O) groups excluding carboxylic acids is 1. The Morgan fingerprint density at radius 2 is 2.00 bits per heavy atom. The Kier molecular flexibility index (Phi) is 4.13. The molecule has 2 amide bonds. The van der Waals surface area contributed by atoms with Crippen LogP contribution in [0.2, 0.25) is 5.02 Å². The van der Waals surface area contributed by atoms with Crippen LogP contribution in [0.15, 0.2) is 65.3 Å². The molecule has 124 valence electrons. The number of hydrogen-bond acceptors (Lipinski definition) is 4. The summed E-state index contributed by atoms with van der Waals surface area (Å²) < 4.78 is 6.37. The van der Waals surface area contributed by atoms with E-state index in [4.69, 9.17) is 16.0 Å². The first-order chi connectivity index (χ1) is 12.2. The first kappa shape index (κ1) is 15.7. The largest absolute Gasteiger partial charge is 0.464 e. The van der Waals surface area contributed by atoms with E-state index >= 15 is 0 Å². The van der Waals surface area contributed by atoms with Crippen molar-refractivity contribution < 1.29 is 9.21 Å². The lowest BCUT2D eigenvalue weighted by atomic mass is 10.2. The van der Waals surface area contributed by atoms with E-state index < -0.39 is 0 Å². The van der Waals surface area contributed by atoms with E-state index in [0.717, 1.165) is 21.5 Å². The Hall–Kier alpha value is -2.83. The van der Waals surface area contributed by atoms with Crippen LogP contribution in [0.3, 0.4) is 0 Å². The molecule has 2 heterocycles. The molecule has 0 unspecified atom stereocenters. The number of carbonyl (C=O) groups is 1. The zero-order chi connectivity index (χ0) is 17.2. The number of benzene rings is 2. The van der Waals surface area contributed by atoms with Crippen molar-refractivity contribution in [3.63, 3.8) is 0 Å². The number of nitrogens with zero attached hydrogens (tertiary/aromatic N) is 1. The maximum atomic E-state index is 12.1. The molecular formula is C18H12ClN3O2S. The summed E-state index contributed by atoms with van der Waals surface area (Å²) in [6.07, 6.45) is 1.64. The van der Waals surface area contributed by atoms with Crippen molar-refractivity contribution in [1.29, 1.82) is 0 Å². The van der Waals surface area contributed by atoms with Crippen LogP contribution in [0.4, 0.5) is 15.6 Å². The van der Waals surface area contributed by atoms with Crippen molar-refractivity contribution >= 4 is 50.0 Å². The molecule has 2 aromatic carbocycles. The highest BCUT2D eigenvalue weighted by molar-refractivity contribution is 7.22. The molecule has 0 aliphatic rings. The predicted octanol–water partition coefficient (Wildman–Crippen LogP) is 5.85. The highest BCUT2D eigenvalue weighted by Crippen LogP contribution is 2.30. The first-order valence-electron chi connectivity index (χ1n) is 7.45. The third kappa shape index (κ3) is 3.50. The van der Waals surface area contributed by atoms with Crippen LogP contribution in [0.25, 0.3) is 21.5 Å². The number of fused-ring (bicyclic) bond motifs is 1. The molecule has 0 saturated carbocycles. The van der Waals surface area contributed by atoms with E-state index in [1.165, 1.54) is 11.3 Å². The summed E-state index contributed by atoms with van der Waals surface area (Å²) in [5.41, 5.74) is 2.40. The number of rotatable bonds is 3. The van der Waals surface area contributed by atoms with Crippen molar-refractivity contribution in [2.45, 2.75) is 0 Å². The summed E-state index contributed by atoms with van der Waals surface area (Å²) >= 11 is 7.31. The number of amides is 2. The number of furan rings is 1. The van der Waals surface area contributed by atoms with Crippen molar-refractivity contribution in [3.8, 4) is 11.3 Å². The van der Waals surface area contributed by atoms with Gasteiger partial charge in [-0.15, -0.1) is 0 Å². The Balaban J connectivity index is 1.52. The van der Waals surface area contributed by atoms with E-state index in [2.05, 4.69) is 15.6 Å². The molecule has 2 aromatic heterocycles. The smallest absolute Gasteiger partial charge is 0.325 e. The van der Waals surface area contributed by atoms with Crippen LogP contribution >= 0.6 is 22.9 Å². The lowest BCUT2D eigenvalue weighted by Gasteiger charge is -2.05. The van der Waals surface area contributed by atoms with Gasteiger partial charge < -0.3 is 9.73 Å². The standard InChI is InChI=1S/C18H12ClN3O2S/c19-12-3-1-4-13(10-12)20-17(23)22-18-21-14-7-6-11(9-16(14)25-18)15-5-2-8-24-15/h1-10H,(H2,20,21,22,23). The summed E-state index contributed by atoms with van der Waals surface area (Å²) in [6, 6.07) is 16.2. The molecule has 0 fully saturated rings. The van der Waals surface area contributed by atoms with Crippen LogP contribution in [0.1, 0.15) is 0 Å². The molecular weight excluding hydrogens is 358 g/mol. The van der Waals surface area contributed by atoms with Gasteiger partial charge in [0, 0.05) is 16.3 Å². The molecule has 2 N–H and O–H groups in total. The summed E-state index contributed by atoms with van der Waals surface area (Å²) in [6.45, 7) is 0. The van der Waals surface area contributed by atoms with Crippen molar-refractivity contribution in [1.82, 2.24) is 4.98 Å². The van der Waals surface area contributed by atoms with Crippen molar-refractivity contribution in [2.75, 3.05) is 10.6 Å². The van der Waals surface area contributed by atoms with Gasteiger partial charge in [-0.05, 0) is 48.5 Å². The van der Waals surface area contributed by atoms with Gasteiger partial charge in [-0.25, -0.2) is 9.78 Å². The molecule has 0 aliphatic carbocycles. The minimum Gasteiger partial charge on any atom is -0.464 e. The van der Waals surface area contributed by atoms with Gasteiger partial charge in [0.2, 0.25) is 0 Å². The summed E-state index contributed by atoms with van der Waals surface area (Å²) in [4.78, 5) is 16.5. The van der Waals surface area contributed by atoms with E-state index in [-0.39, 0.29) is 6.03 Å². The summed E-state index contributed by atoms with van der Waals surface area (Å²) in [5.74, 6) is 0.795. The summed E-state index contributed by atoms with van der Waals surface area (Å²) in [5, 5.41) is 6.55. The van der Waals surface area contributed by atoms with Crippen LogP contribution in [0.5, 0.6) is 0 Å². The predicted molar refractivity (Wildman–Crippen MR) is 101 cm³/mol. The van der Waals surface area contributed by atoms with Crippen LogP contribution in [0, 0.1) is 0 Å². The molecule has 5 nitrogen and oxygen atoms in total. The molecule has 0 aliphatic heterocycles. The van der Waals surface area contributed by atoms with Gasteiger partial charge in [0.15, 0.2) is 5.13 Å². The number of hydrogen-bond donors (Lipinski definition) is 2. The third-order valence-corrected chi connectivity index (χ3v) is 4.67. The van der Waals surface area contributed by atoms with E-state index in [1.807, 2.05) is 30.3 Å². The van der Waals surface area contributed by atoms with Gasteiger partial charge in [0.25, 0.3) is 0 Å². The normalized spacial score (nSPS) is 10.8. The number of halogens is 1. The Morgan fingerprint density at radius 3 is 2.80 bits per heavy atom. The molecule has 0 spiro atoms. The summed E-state index contributed by atoms with van der Waals surface area (Å²) in [7, 11) is 0. The fourth-order valence-electron chi connectivity index (χ4n) is 2.40. The number of thiazole rings is 1. The fraction of sp³-hybridized carbons (Fsp3) is 0. The lowest BCUT2D eigenvalue weighted by Crippen LogP contribution is -2.19. The number of urea groups is 1. The number of anilines is 2. The van der Waals surface area contributed by atoms with Gasteiger partial charge in [-0.2, -0.15) is 0 Å². The number of nitrogens with one attached hydrogen (secondary N) is 2. The van der Waals surface area contributed by atoms with Crippen LogP contribution in [-0.2, 0) is 0 Å². The zero-order valence-corrected chi connectivity index (χ0v) is 14.4. The molecule has 0 radical (unpaired) electrons. The van der Waals surface area contributed by atoms with Crippen LogP contribution < -0.4 is 10.6 Å². The zero-order valence-electron chi connectivity index (χ0n) is 12.8. The Bertz CT molecular complexity index is 1040. The minimum atomic E-state index is -0.368. The molecule has 4 rings (SSSR count). The Labute approximate surface area is 152 Å². The van der Waals surface area contributed by atoms with Gasteiger partial charge in [0.1, 0.15) is 5.76 Å². The second kappa shape index (κ2) is 6.58. The topological polar surface area (TPSA) is 67.2 Å². The highest BCUT2D eigenvalue weighted by Gasteiger charge is 2.10. The third-order valence-electron chi connectivity index (χ3n) is 3.50.